The predicted molar refractivity (Wildman–Crippen MR) is 147 cm³/mol. The number of aryl methyl sites for hydroxylation is 1. The molecule has 3 aromatic rings. The molecular formula is C28H31ClN6O3. The minimum absolute atomic E-state index is 0.0811. The first-order valence-corrected chi connectivity index (χ1v) is 13.3. The molecule has 2 aliphatic carbocycles. The number of hydrogen-bond donors (Lipinski definition) is 0. The van der Waals surface area contributed by atoms with Gasteiger partial charge in [-0.3, -0.25) is 9.78 Å². The van der Waals surface area contributed by atoms with E-state index in [9.17, 15) is 10.1 Å². The highest BCUT2D eigenvalue weighted by atomic mass is 35.5. The number of rotatable bonds is 8. The van der Waals surface area contributed by atoms with Gasteiger partial charge in [0.25, 0.3) is 5.56 Å². The minimum atomic E-state index is -0.340. The molecule has 0 saturated heterocycles. The smallest absolute Gasteiger partial charge is 0.270 e. The van der Waals surface area contributed by atoms with Crippen molar-refractivity contribution in [3.63, 3.8) is 0 Å². The standard InChI is InChI=1S/C28H31ClN6O3/c1-34(27-21(14-30)28(36)35(2)23-12-13-24(29)32-26(23)27)19-8-6-18(7-9-19)25(33-38-16-17-4-5-17)22-11-10-20(37-3)15-31-22/h10-13,15,17-19H,4-9,16H2,1-3H3/b33-25+. The zero-order valence-corrected chi connectivity index (χ0v) is 22.6. The van der Waals surface area contributed by atoms with Crippen LogP contribution in [0.15, 0.2) is 40.4 Å². The lowest BCUT2D eigenvalue weighted by Gasteiger charge is -2.36. The summed E-state index contributed by atoms with van der Waals surface area (Å²) in [6.45, 7) is 0.639. The quantitative estimate of drug-likeness (QED) is 0.234. The molecule has 0 N–H and O–H groups in total. The lowest BCUT2D eigenvalue weighted by Crippen LogP contribution is -2.39. The van der Waals surface area contributed by atoms with Crippen molar-refractivity contribution in [1.82, 2.24) is 14.5 Å². The molecular weight excluding hydrogens is 504 g/mol. The third-order valence-electron chi connectivity index (χ3n) is 7.68. The highest BCUT2D eigenvalue weighted by Crippen LogP contribution is 2.36. The number of aromatic nitrogens is 3. The normalized spacial score (nSPS) is 19.7. The maximum atomic E-state index is 13.0. The molecule has 38 heavy (non-hydrogen) atoms. The highest BCUT2D eigenvalue weighted by molar-refractivity contribution is 6.29. The van der Waals surface area contributed by atoms with Crippen LogP contribution in [0.1, 0.15) is 49.8 Å². The summed E-state index contributed by atoms with van der Waals surface area (Å²) in [5.74, 6) is 1.49. The van der Waals surface area contributed by atoms with Crippen molar-refractivity contribution in [2.75, 3.05) is 25.7 Å². The summed E-state index contributed by atoms with van der Waals surface area (Å²) in [7, 11) is 5.20. The van der Waals surface area contributed by atoms with Crippen molar-refractivity contribution in [3.05, 3.63) is 57.2 Å². The number of anilines is 1. The molecule has 0 aromatic carbocycles. The number of nitriles is 1. The van der Waals surface area contributed by atoms with E-state index in [4.69, 9.17) is 21.2 Å². The van der Waals surface area contributed by atoms with Crippen LogP contribution in [-0.4, -0.2) is 47.1 Å². The molecule has 3 heterocycles. The molecule has 0 bridgehead atoms. The zero-order valence-electron chi connectivity index (χ0n) is 21.9. The summed E-state index contributed by atoms with van der Waals surface area (Å²) in [6, 6.07) is 9.48. The number of hydrogen-bond acceptors (Lipinski definition) is 8. The molecule has 2 fully saturated rings. The molecule has 2 saturated carbocycles. The molecule has 198 valence electrons. The van der Waals surface area contributed by atoms with Gasteiger partial charge in [0.05, 0.1) is 30.2 Å². The molecule has 0 spiro atoms. The van der Waals surface area contributed by atoms with Gasteiger partial charge in [0, 0.05) is 26.1 Å². The molecule has 0 unspecified atom stereocenters. The number of oxime groups is 1. The van der Waals surface area contributed by atoms with E-state index in [1.807, 2.05) is 24.1 Å². The Morgan fingerprint density at radius 1 is 1.21 bits per heavy atom. The average Bonchev–Trinajstić information content (AvgIpc) is 3.77. The number of fused-ring (bicyclic) bond motifs is 1. The van der Waals surface area contributed by atoms with Crippen LogP contribution in [0.5, 0.6) is 5.75 Å². The minimum Gasteiger partial charge on any atom is -0.495 e. The molecule has 9 nitrogen and oxygen atoms in total. The van der Waals surface area contributed by atoms with Crippen LogP contribution in [0.2, 0.25) is 5.15 Å². The Hall–Kier alpha value is -3.64. The first-order chi connectivity index (χ1) is 18.4. The van der Waals surface area contributed by atoms with Crippen LogP contribution in [0, 0.1) is 23.2 Å². The Labute approximate surface area is 226 Å². The van der Waals surface area contributed by atoms with Gasteiger partial charge in [-0.2, -0.15) is 5.26 Å². The van der Waals surface area contributed by atoms with E-state index in [0.29, 0.717) is 40.1 Å². The third kappa shape index (κ3) is 5.18. The summed E-state index contributed by atoms with van der Waals surface area (Å²) in [6.07, 6.45) is 7.53. The number of ether oxygens (including phenoxy) is 1. The Kier molecular flexibility index (Phi) is 7.52. The van der Waals surface area contributed by atoms with Crippen LogP contribution in [0.4, 0.5) is 5.69 Å². The lowest BCUT2D eigenvalue weighted by atomic mass is 9.81. The van der Waals surface area contributed by atoms with Gasteiger partial charge in [-0.25, -0.2) is 4.98 Å². The van der Waals surface area contributed by atoms with E-state index in [1.54, 1.807) is 32.5 Å². The molecule has 0 atom stereocenters. The van der Waals surface area contributed by atoms with Gasteiger partial charge in [0.15, 0.2) is 0 Å². The second-order valence-electron chi connectivity index (χ2n) is 10.1. The van der Waals surface area contributed by atoms with Gasteiger partial charge in [0.1, 0.15) is 40.4 Å². The maximum absolute atomic E-state index is 13.0. The SMILES string of the molecule is COc1ccc(/C(=N/OCC2CC2)C2CCC(N(C)c3c(C#N)c(=O)n(C)c4ccc(Cl)nc34)CC2)nc1. The Morgan fingerprint density at radius 2 is 1.97 bits per heavy atom. The lowest BCUT2D eigenvalue weighted by molar-refractivity contribution is 0.131. The fraction of sp³-hybridized carbons (Fsp3) is 0.464. The molecule has 0 aliphatic heterocycles. The van der Waals surface area contributed by atoms with E-state index >= 15 is 0 Å². The largest absolute Gasteiger partial charge is 0.495 e. The molecule has 2 aliphatic rings. The third-order valence-corrected chi connectivity index (χ3v) is 7.89. The predicted octanol–water partition coefficient (Wildman–Crippen LogP) is 4.69. The molecule has 0 amide bonds. The van der Waals surface area contributed by atoms with Crippen molar-refractivity contribution in [1.29, 1.82) is 5.26 Å². The van der Waals surface area contributed by atoms with Crippen LogP contribution >= 0.6 is 11.6 Å². The number of halogens is 1. The zero-order chi connectivity index (χ0) is 26.8. The molecule has 0 radical (unpaired) electrons. The number of methoxy groups -OCH3 is 1. The van der Waals surface area contributed by atoms with Gasteiger partial charge in [0.2, 0.25) is 0 Å². The Bertz CT molecular complexity index is 1450. The van der Waals surface area contributed by atoms with Gasteiger partial charge in [-0.15, -0.1) is 0 Å². The summed E-state index contributed by atoms with van der Waals surface area (Å²) in [4.78, 5) is 29.9. The summed E-state index contributed by atoms with van der Waals surface area (Å²) in [5, 5.41) is 14.8. The van der Waals surface area contributed by atoms with Crippen molar-refractivity contribution in [3.8, 4) is 11.8 Å². The van der Waals surface area contributed by atoms with Crippen LogP contribution in [-0.2, 0) is 11.9 Å². The fourth-order valence-electron chi connectivity index (χ4n) is 5.21. The van der Waals surface area contributed by atoms with E-state index in [1.165, 1.54) is 17.4 Å². The van der Waals surface area contributed by atoms with Gasteiger partial charge < -0.3 is 19.0 Å². The Balaban J connectivity index is 1.40. The van der Waals surface area contributed by atoms with E-state index < -0.39 is 0 Å². The average molecular weight is 535 g/mol. The van der Waals surface area contributed by atoms with Crippen molar-refractivity contribution in [2.24, 2.45) is 24.0 Å². The van der Waals surface area contributed by atoms with Crippen molar-refractivity contribution in [2.45, 2.75) is 44.6 Å². The van der Waals surface area contributed by atoms with Crippen molar-refractivity contribution >= 4 is 34.0 Å². The summed E-state index contributed by atoms with van der Waals surface area (Å²) < 4.78 is 6.73. The summed E-state index contributed by atoms with van der Waals surface area (Å²) in [5.41, 5.74) is 3.13. The van der Waals surface area contributed by atoms with E-state index in [2.05, 4.69) is 21.2 Å². The van der Waals surface area contributed by atoms with Crippen LogP contribution in [0.3, 0.4) is 0 Å². The first-order valence-electron chi connectivity index (χ1n) is 12.9. The van der Waals surface area contributed by atoms with Crippen LogP contribution in [0.25, 0.3) is 11.0 Å². The van der Waals surface area contributed by atoms with Gasteiger partial charge in [-0.1, -0.05) is 16.8 Å². The first kappa shape index (κ1) is 26.0. The summed E-state index contributed by atoms with van der Waals surface area (Å²) >= 11 is 6.23. The monoisotopic (exact) mass is 534 g/mol. The molecule has 10 heteroatoms. The van der Waals surface area contributed by atoms with E-state index in [0.717, 1.165) is 37.1 Å². The number of pyridine rings is 3. The van der Waals surface area contributed by atoms with E-state index in [-0.39, 0.29) is 23.1 Å². The van der Waals surface area contributed by atoms with Gasteiger partial charge in [-0.05, 0) is 68.7 Å². The maximum Gasteiger partial charge on any atom is 0.270 e. The second kappa shape index (κ2) is 11.0. The van der Waals surface area contributed by atoms with Crippen LogP contribution < -0.4 is 15.2 Å². The van der Waals surface area contributed by atoms with Crippen molar-refractivity contribution < 1.29 is 9.57 Å². The molecule has 3 aromatic heterocycles. The second-order valence-corrected chi connectivity index (χ2v) is 10.5. The fourth-order valence-corrected chi connectivity index (χ4v) is 5.36. The topological polar surface area (TPSA) is 106 Å². The number of nitrogens with zero attached hydrogens (tertiary/aromatic N) is 6. The molecule has 5 rings (SSSR count). The Morgan fingerprint density at radius 3 is 2.61 bits per heavy atom. The highest BCUT2D eigenvalue weighted by Gasteiger charge is 2.32. The van der Waals surface area contributed by atoms with Gasteiger partial charge >= 0.3 is 0 Å².